The van der Waals surface area contributed by atoms with Gasteiger partial charge in [-0.2, -0.15) is 0 Å². The molecule has 0 spiro atoms. The number of benzene rings is 2. The molecule has 0 aliphatic rings. The van der Waals surface area contributed by atoms with Crippen molar-refractivity contribution in [1.82, 2.24) is 10.4 Å². The highest BCUT2D eigenvalue weighted by molar-refractivity contribution is 9.11. The van der Waals surface area contributed by atoms with Gasteiger partial charge in [-0.15, -0.1) is 0 Å². The minimum absolute atomic E-state index is 0.0924. The molecular weight excluding hydrogens is 394 g/mol. The van der Waals surface area contributed by atoms with E-state index in [1.807, 2.05) is 18.2 Å². The van der Waals surface area contributed by atoms with Crippen LogP contribution in [0.15, 0.2) is 63.7 Å². The molecule has 0 saturated carbocycles. The topological polar surface area (TPSA) is 50.9 Å². The van der Waals surface area contributed by atoms with Crippen molar-refractivity contribution in [3.05, 3.63) is 74.8 Å². The highest BCUT2D eigenvalue weighted by Gasteiger charge is 2.14. The SMILES string of the molecule is NNC(c1cc(Br)cc(Br)c1)c1ccc2cccnc2c1. The summed E-state index contributed by atoms with van der Waals surface area (Å²) in [6.45, 7) is 0. The van der Waals surface area contributed by atoms with E-state index >= 15 is 0 Å². The van der Waals surface area contributed by atoms with E-state index in [0.29, 0.717) is 0 Å². The lowest BCUT2D eigenvalue weighted by Crippen LogP contribution is -2.28. The van der Waals surface area contributed by atoms with Gasteiger partial charge >= 0.3 is 0 Å². The molecule has 5 heteroatoms. The monoisotopic (exact) mass is 405 g/mol. The summed E-state index contributed by atoms with van der Waals surface area (Å²) >= 11 is 7.02. The van der Waals surface area contributed by atoms with Gasteiger partial charge in [-0.05, 0) is 41.5 Å². The predicted molar refractivity (Wildman–Crippen MR) is 92.8 cm³/mol. The third-order valence-corrected chi connectivity index (χ3v) is 4.26. The van der Waals surface area contributed by atoms with Crippen molar-refractivity contribution < 1.29 is 0 Å². The van der Waals surface area contributed by atoms with Crippen LogP contribution in [0.1, 0.15) is 17.2 Å². The second kappa shape index (κ2) is 6.23. The minimum atomic E-state index is -0.0924. The number of halogens is 2. The largest absolute Gasteiger partial charge is 0.271 e. The maximum Gasteiger partial charge on any atom is 0.0711 e. The normalized spacial score (nSPS) is 12.5. The van der Waals surface area contributed by atoms with Crippen LogP contribution in [0.2, 0.25) is 0 Å². The molecule has 0 aliphatic carbocycles. The summed E-state index contributed by atoms with van der Waals surface area (Å²) in [7, 11) is 0. The fourth-order valence-corrected chi connectivity index (χ4v) is 3.72. The van der Waals surface area contributed by atoms with Crippen molar-refractivity contribution in [3.63, 3.8) is 0 Å². The van der Waals surface area contributed by atoms with Gasteiger partial charge in [0, 0.05) is 20.5 Å². The Morgan fingerprint density at radius 3 is 2.43 bits per heavy atom. The Morgan fingerprint density at radius 2 is 1.71 bits per heavy atom. The average Bonchev–Trinajstić information content (AvgIpc) is 2.47. The predicted octanol–water partition coefficient (Wildman–Crippen LogP) is 4.31. The van der Waals surface area contributed by atoms with Crippen LogP contribution in [0.25, 0.3) is 10.9 Å². The highest BCUT2D eigenvalue weighted by Crippen LogP contribution is 2.29. The number of hydrogen-bond donors (Lipinski definition) is 2. The van der Waals surface area contributed by atoms with E-state index in [-0.39, 0.29) is 6.04 Å². The maximum atomic E-state index is 5.78. The van der Waals surface area contributed by atoms with Crippen LogP contribution >= 0.6 is 31.9 Å². The van der Waals surface area contributed by atoms with Crippen molar-refractivity contribution >= 4 is 42.8 Å². The molecule has 21 heavy (non-hydrogen) atoms. The van der Waals surface area contributed by atoms with Gasteiger partial charge in [-0.25, -0.2) is 5.43 Å². The molecule has 3 nitrogen and oxygen atoms in total. The summed E-state index contributed by atoms with van der Waals surface area (Å²) in [6, 6.07) is 16.2. The molecule has 1 heterocycles. The zero-order valence-electron chi connectivity index (χ0n) is 11.1. The van der Waals surface area contributed by atoms with Gasteiger partial charge in [0.1, 0.15) is 0 Å². The molecule has 1 unspecified atom stereocenters. The Morgan fingerprint density at radius 1 is 0.952 bits per heavy atom. The van der Waals surface area contributed by atoms with E-state index in [2.05, 4.69) is 72.6 Å². The van der Waals surface area contributed by atoms with Crippen LogP contribution in [0.5, 0.6) is 0 Å². The maximum absolute atomic E-state index is 5.78. The fourth-order valence-electron chi connectivity index (χ4n) is 2.39. The molecule has 0 aliphatic heterocycles. The number of pyridine rings is 1. The van der Waals surface area contributed by atoms with E-state index in [4.69, 9.17) is 5.84 Å². The van der Waals surface area contributed by atoms with Crippen LogP contribution in [0.4, 0.5) is 0 Å². The minimum Gasteiger partial charge on any atom is -0.271 e. The molecule has 3 aromatic rings. The molecule has 106 valence electrons. The third kappa shape index (κ3) is 3.16. The standard InChI is InChI=1S/C16H13Br2N3/c17-13-6-12(7-14(18)9-13)16(21-19)11-4-3-10-2-1-5-20-15(10)8-11/h1-9,16,21H,19H2. The van der Waals surface area contributed by atoms with Crippen LogP contribution in [-0.4, -0.2) is 4.98 Å². The van der Waals surface area contributed by atoms with E-state index in [1.165, 1.54) is 0 Å². The smallest absolute Gasteiger partial charge is 0.0711 e. The summed E-state index contributed by atoms with van der Waals surface area (Å²) in [6.07, 6.45) is 1.80. The Balaban J connectivity index is 2.08. The summed E-state index contributed by atoms with van der Waals surface area (Å²) in [5, 5.41) is 1.12. The molecule has 3 rings (SSSR count). The molecule has 2 aromatic carbocycles. The van der Waals surface area contributed by atoms with Gasteiger partial charge in [-0.1, -0.05) is 50.1 Å². The molecule has 0 amide bonds. The summed E-state index contributed by atoms with van der Waals surface area (Å²) in [5.74, 6) is 5.78. The number of nitrogens with one attached hydrogen (secondary N) is 1. The number of aromatic nitrogens is 1. The number of fused-ring (bicyclic) bond motifs is 1. The van der Waals surface area contributed by atoms with Crippen molar-refractivity contribution in [2.75, 3.05) is 0 Å². The number of nitrogens with two attached hydrogens (primary N) is 1. The first kappa shape index (κ1) is 14.7. The van der Waals surface area contributed by atoms with Gasteiger partial charge < -0.3 is 0 Å². The van der Waals surface area contributed by atoms with E-state index in [1.54, 1.807) is 6.20 Å². The van der Waals surface area contributed by atoms with E-state index in [9.17, 15) is 0 Å². The molecule has 0 fully saturated rings. The second-order valence-corrected chi connectivity index (χ2v) is 6.59. The van der Waals surface area contributed by atoms with Crippen molar-refractivity contribution in [2.45, 2.75) is 6.04 Å². The summed E-state index contributed by atoms with van der Waals surface area (Å²) < 4.78 is 2.01. The van der Waals surface area contributed by atoms with Crippen LogP contribution in [0.3, 0.4) is 0 Å². The van der Waals surface area contributed by atoms with Crippen LogP contribution in [-0.2, 0) is 0 Å². The van der Waals surface area contributed by atoms with Crippen molar-refractivity contribution in [2.24, 2.45) is 5.84 Å². The Kier molecular flexibility index (Phi) is 4.35. The molecule has 0 radical (unpaired) electrons. The first-order valence-electron chi connectivity index (χ1n) is 6.44. The second-order valence-electron chi connectivity index (χ2n) is 4.76. The summed E-state index contributed by atoms with van der Waals surface area (Å²) in [4.78, 5) is 4.40. The van der Waals surface area contributed by atoms with Crippen LogP contribution < -0.4 is 11.3 Å². The number of hydrogen-bond acceptors (Lipinski definition) is 3. The van der Waals surface area contributed by atoms with Crippen molar-refractivity contribution in [3.8, 4) is 0 Å². The quantitative estimate of drug-likeness (QED) is 0.503. The summed E-state index contributed by atoms with van der Waals surface area (Å²) in [5.41, 5.74) is 6.00. The molecule has 1 aromatic heterocycles. The number of nitrogens with zero attached hydrogens (tertiary/aromatic N) is 1. The zero-order valence-corrected chi connectivity index (χ0v) is 14.2. The highest BCUT2D eigenvalue weighted by atomic mass is 79.9. The van der Waals surface area contributed by atoms with Gasteiger partial charge in [0.25, 0.3) is 0 Å². The Bertz CT molecular complexity index is 769. The van der Waals surface area contributed by atoms with Crippen molar-refractivity contribution in [1.29, 1.82) is 0 Å². The van der Waals surface area contributed by atoms with Gasteiger partial charge in [0.05, 0.1) is 11.6 Å². The Hall–Kier alpha value is -1.27. The molecule has 0 saturated heterocycles. The lowest BCUT2D eigenvalue weighted by atomic mass is 9.98. The number of rotatable bonds is 3. The van der Waals surface area contributed by atoms with E-state index in [0.717, 1.165) is 31.0 Å². The van der Waals surface area contributed by atoms with Crippen LogP contribution in [0, 0.1) is 0 Å². The first-order valence-corrected chi connectivity index (χ1v) is 8.03. The lowest BCUT2D eigenvalue weighted by molar-refractivity contribution is 0.637. The Labute approximate surface area is 139 Å². The molecule has 3 N–H and O–H groups in total. The van der Waals surface area contributed by atoms with Gasteiger partial charge in [0.2, 0.25) is 0 Å². The zero-order chi connectivity index (χ0) is 14.8. The molecule has 0 bridgehead atoms. The number of hydrazine groups is 1. The third-order valence-electron chi connectivity index (χ3n) is 3.35. The fraction of sp³-hybridized carbons (Fsp3) is 0.0625. The van der Waals surface area contributed by atoms with Gasteiger partial charge in [0.15, 0.2) is 0 Å². The lowest BCUT2D eigenvalue weighted by Gasteiger charge is -2.18. The first-order chi connectivity index (χ1) is 10.2. The molecular formula is C16H13Br2N3. The average molecular weight is 407 g/mol. The molecule has 1 atom stereocenters. The van der Waals surface area contributed by atoms with E-state index < -0.39 is 0 Å². The van der Waals surface area contributed by atoms with Gasteiger partial charge in [-0.3, -0.25) is 10.8 Å².